The van der Waals surface area contributed by atoms with Gasteiger partial charge in [0.1, 0.15) is 6.33 Å². The minimum Gasteiger partial charge on any atom is -0.336 e. The number of para-hydroxylation sites is 2. The summed E-state index contributed by atoms with van der Waals surface area (Å²) in [6, 6.07) is 16.2. The molecule has 2 aromatic carbocycles. The van der Waals surface area contributed by atoms with Crippen LogP contribution in [-0.2, 0) is 0 Å². The first-order chi connectivity index (χ1) is 11.7. The molecule has 1 saturated heterocycles. The Bertz CT molecular complexity index is 866. The third-order valence-electron chi connectivity index (χ3n) is 4.91. The van der Waals surface area contributed by atoms with Crippen LogP contribution >= 0.6 is 0 Å². The van der Waals surface area contributed by atoms with Gasteiger partial charge in [0.2, 0.25) is 0 Å². The fourth-order valence-electron chi connectivity index (χ4n) is 3.50. The molecule has 1 aromatic heterocycles. The van der Waals surface area contributed by atoms with E-state index in [0.717, 1.165) is 41.7 Å². The Labute approximate surface area is 141 Å². The number of carbonyl (C=O) groups is 1. The topological polar surface area (TPSA) is 38.1 Å². The highest BCUT2D eigenvalue weighted by Gasteiger charge is 2.24. The zero-order valence-corrected chi connectivity index (χ0v) is 13.9. The van der Waals surface area contributed by atoms with Crippen LogP contribution in [0.15, 0.2) is 54.9 Å². The molecule has 1 aliphatic rings. The molecule has 4 rings (SSSR count). The number of imidazole rings is 1. The molecule has 1 unspecified atom stereocenters. The highest BCUT2D eigenvalue weighted by atomic mass is 16.2. The second-order valence-electron chi connectivity index (χ2n) is 6.49. The van der Waals surface area contributed by atoms with Gasteiger partial charge in [-0.05, 0) is 62.6 Å². The van der Waals surface area contributed by atoms with Crippen molar-refractivity contribution in [1.29, 1.82) is 0 Å². The average Bonchev–Trinajstić information content (AvgIpc) is 3.06. The molecule has 1 aliphatic heterocycles. The van der Waals surface area contributed by atoms with Gasteiger partial charge in [0.25, 0.3) is 5.91 Å². The van der Waals surface area contributed by atoms with Gasteiger partial charge in [-0.2, -0.15) is 0 Å². The summed E-state index contributed by atoms with van der Waals surface area (Å²) in [7, 11) is 0. The first-order valence-electron chi connectivity index (χ1n) is 8.57. The largest absolute Gasteiger partial charge is 0.336 e. The maximum Gasteiger partial charge on any atom is 0.254 e. The molecule has 1 atom stereocenters. The Balaban J connectivity index is 1.62. The van der Waals surface area contributed by atoms with Gasteiger partial charge in [0.05, 0.1) is 11.0 Å². The van der Waals surface area contributed by atoms with Gasteiger partial charge >= 0.3 is 0 Å². The van der Waals surface area contributed by atoms with Gasteiger partial charge in [-0.3, -0.25) is 9.36 Å². The van der Waals surface area contributed by atoms with Crippen molar-refractivity contribution in [3.05, 3.63) is 60.4 Å². The zero-order valence-electron chi connectivity index (χ0n) is 13.9. The molecule has 1 fully saturated rings. The van der Waals surface area contributed by atoms with Crippen LogP contribution in [0.5, 0.6) is 0 Å². The predicted molar refractivity (Wildman–Crippen MR) is 95.4 cm³/mol. The molecule has 0 saturated carbocycles. The van der Waals surface area contributed by atoms with Crippen molar-refractivity contribution in [2.75, 3.05) is 6.54 Å². The van der Waals surface area contributed by atoms with Gasteiger partial charge < -0.3 is 4.90 Å². The van der Waals surface area contributed by atoms with E-state index < -0.39 is 0 Å². The third-order valence-corrected chi connectivity index (χ3v) is 4.91. The molecule has 0 radical (unpaired) electrons. The summed E-state index contributed by atoms with van der Waals surface area (Å²) in [6.07, 6.45) is 5.26. The number of hydrogen-bond donors (Lipinski definition) is 0. The van der Waals surface area contributed by atoms with Crippen molar-refractivity contribution in [2.45, 2.75) is 32.2 Å². The zero-order chi connectivity index (χ0) is 16.5. The van der Waals surface area contributed by atoms with E-state index in [0.29, 0.717) is 6.04 Å². The SMILES string of the molecule is CC1CCCCN1C(=O)c1ccc(-n2cnc3ccccc32)cc1. The summed E-state index contributed by atoms with van der Waals surface area (Å²) in [5, 5.41) is 0. The van der Waals surface area contributed by atoms with Crippen molar-refractivity contribution in [1.82, 2.24) is 14.5 Å². The van der Waals surface area contributed by atoms with Crippen LogP contribution in [-0.4, -0.2) is 32.9 Å². The summed E-state index contributed by atoms with van der Waals surface area (Å²) < 4.78 is 2.05. The lowest BCUT2D eigenvalue weighted by atomic mass is 10.0. The van der Waals surface area contributed by atoms with E-state index in [2.05, 4.69) is 18.0 Å². The summed E-state index contributed by atoms with van der Waals surface area (Å²) in [4.78, 5) is 19.2. The van der Waals surface area contributed by atoms with Gasteiger partial charge in [-0.1, -0.05) is 12.1 Å². The van der Waals surface area contributed by atoms with Gasteiger partial charge in [-0.15, -0.1) is 0 Å². The average molecular weight is 319 g/mol. The van der Waals surface area contributed by atoms with Gasteiger partial charge in [-0.25, -0.2) is 4.98 Å². The lowest BCUT2D eigenvalue weighted by Crippen LogP contribution is -2.42. The number of aromatic nitrogens is 2. The fraction of sp³-hybridized carbons (Fsp3) is 0.300. The Morgan fingerprint density at radius 2 is 1.88 bits per heavy atom. The van der Waals surface area contributed by atoms with Crippen molar-refractivity contribution in [3.63, 3.8) is 0 Å². The van der Waals surface area contributed by atoms with Gasteiger partial charge in [0.15, 0.2) is 0 Å². The standard InChI is InChI=1S/C20H21N3O/c1-15-6-4-5-13-22(15)20(24)16-9-11-17(12-10-16)23-14-21-18-7-2-3-8-19(18)23/h2-3,7-12,14-15H,4-6,13H2,1H3. The molecule has 4 nitrogen and oxygen atoms in total. The number of nitrogens with zero attached hydrogens (tertiary/aromatic N) is 3. The van der Waals surface area contributed by atoms with Crippen LogP contribution in [0.1, 0.15) is 36.5 Å². The van der Waals surface area contributed by atoms with E-state index in [9.17, 15) is 4.79 Å². The Hall–Kier alpha value is -2.62. The van der Waals surface area contributed by atoms with Crippen LogP contribution in [0, 0.1) is 0 Å². The van der Waals surface area contributed by atoms with E-state index in [1.54, 1.807) is 0 Å². The molecule has 2 heterocycles. The number of piperidine rings is 1. The quantitative estimate of drug-likeness (QED) is 0.715. The Kier molecular flexibility index (Phi) is 3.81. The molecule has 0 spiro atoms. The molecule has 3 aromatic rings. The molecule has 1 amide bonds. The minimum atomic E-state index is 0.143. The molecule has 24 heavy (non-hydrogen) atoms. The van der Waals surface area contributed by atoms with Crippen molar-refractivity contribution in [3.8, 4) is 5.69 Å². The van der Waals surface area contributed by atoms with Crippen LogP contribution in [0.4, 0.5) is 0 Å². The lowest BCUT2D eigenvalue weighted by molar-refractivity contribution is 0.0635. The summed E-state index contributed by atoms with van der Waals surface area (Å²) in [5.74, 6) is 0.143. The van der Waals surface area contributed by atoms with E-state index in [-0.39, 0.29) is 5.91 Å². The van der Waals surface area contributed by atoms with Crippen molar-refractivity contribution in [2.24, 2.45) is 0 Å². The Morgan fingerprint density at radius 3 is 2.67 bits per heavy atom. The second kappa shape index (κ2) is 6.11. The number of fused-ring (bicyclic) bond motifs is 1. The maximum atomic E-state index is 12.7. The van der Waals surface area contributed by atoms with E-state index in [1.165, 1.54) is 6.42 Å². The van der Waals surface area contributed by atoms with E-state index in [1.807, 2.05) is 58.3 Å². The minimum absolute atomic E-state index is 0.143. The first kappa shape index (κ1) is 14.9. The molecular weight excluding hydrogens is 298 g/mol. The van der Waals surface area contributed by atoms with E-state index >= 15 is 0 Å². The van der Waals surface area contributed by atoms with Crippen molar-refractivity contribution < 1.29 is 4.79 Å². The van der Waals surface area contributed by atoms with Crippen LogP contribution in [0.2, 0.25) is 0 Å². The van der Waals surface area contributed by atoms with Crippen LogP contribution < -0.4 is 0 Å². The van der Waals surface area contributed by atoms with E-state index in [4.69, 9.17) is 0 Å². The van der Waals surface area contributed by atoms with Crippen molar-refractivity contribution >= 4 is 16.9 Å². The molecule has 0 aliphatic carbocycles. The predicted octanol–water partition coefficient (Wildman–Crippen LogP) is 4.04. The highest BCUT2D eigenvalue weighted by molar-refractivity contribution is 5.94. The first-order valence-corrected chi connectivity index (χ1v) is 8.57. The smallest absolute Gasteiger partial charge is 0.254 e. The normalized spacial score (nSPS) is 18.0. The van der Waals surface area contributed by atoms with Crippen LogP contribution in [0.25, 0.3) is 16.7 Å². The summed E-state index contributed by atoms with van der Waals surface area (Å²) in [6.45, 7) is 3.01. The molecule has 122 valence electrons. The molecular formula is C20H21N3O. The fourth-order valence-corrected chi connectivity index (χ4v) is 3.50. The molecule has 0 N–H and O–H groups in total. The monoisotopic (exact) mass is 319 g/mol. The summed E-state index contributed by atoms with van der Waals surface area (Å²) >= 11 is 0. The Morgan fingerprint density at radius 1 is 1.08 bits per heavy atom. The number of benzene rings is 2. The third kappa shape index (κ3) is 2.58. The lowest BCUT2D eigenvalue weighted by Gasteiger charge is -2.33. The highest BCUT2D eigenvalue weighted by Crippen LogP contribution is 2.21. The molecule has 4 heteroatoms. The number of hydrogen-bond acceptors (Lipinski definition) is 2. The van der Waals surface area contributed by atoms with Crippen LogP contribution in [0.3, 0.4) is 0 Å². The van der Waals surface area contributed by atoms with Gasteiger partial charge in [0, 0.05) is 23.8 Å². The number of amides is 1. The number of rotatable bonds is 2. The number of likely N-dealkylation sites (tertiary alicyclic amines) is 1. The number of carbonyl (C=O) groups excluding carboxylic acids is 1. The maximum absolute atomic E-state index is 12.7. The molecule has 0 bridgehead atoms. The summed E-state index contributed by atoms with van der Waals surface area (Å²) in [5.41, 5.74) is 3.82. The second-order valence-corrected chi connectivity index (χ2v) is 6.49.